The lowest BCUT2D eigenvalue weighted by atomic mass is 9.84. The number of piperidine rings is 1. The van der Waals surface area contributed by atoms with Crippen LogP contribution in [0.1, 0.15) is 109 Å². The molecule has 0 spiro atoms. The zero-order chi connectivity index (χ0) is 61.1. The Labute approximate surface area is 493 Å². The van der Waals surface area contributed by atoms with Crippen molar-refractivity contribution >= 4 is 46.1 Å². The summed E-state index contributed by atoms with van der Waals surface area (Å²) in [5, 5.41) is 23.4. The van der Waals surface area contributed by atoms with Crippen molar-refractivity contribution < 1.29 is 51.0 Å². The Morgan fingerprint density at radius 1 is 0.639 bits per heavy atom. The molecule has 2 unspecified atom stereocenters. The van der Waals surface area contributed by atoms with Crippen molar-refractivity contribution in [3.63, 3.8) is 0 Å². The van der Waals surface area contributed by atoms with Crippen LogP contribution in [0, 0.1) is 29.2 Å². The second kappa shape index (κ2) is 28.1. The van der Waals surface area contributed by atoms with Gasteiger partial charge in [-0.15, -0.1) is 0 Å². The molecule has 3 aliphatic heterocycles. The number of hydrogen-bond donors (Lipinski definition) is 3. The third kappa shape index (κ3) is 15.7. The summed E-state index contributed by atoms with van der Waals surface area (Å²) >= 11 is 0. The first-order valence-corrected chi connectivity index (χ1v) is 35.1. The Hall–Kier alpha value is -5.48. The molecule has 4 aliphatic rings. The van der Waals surface area contributed by atoms with Crippen LogP contribution in [0.3, 0.4) is 0 Å². The van der Waals surface area contributed by atoms with Gasteiger partial charge < -0.3 is 48.8 Å². The molecule has 4 amide bonds. The lowest BCUT2D eigenvalue weighted by Gasteiger charge is -2.45. The van der Waals surface area contributed by atoms with Gasteiger partial charge in [-0.2, -0.15) is 0 Å². The molecule has 3 N–H and O–H groups in total. The summed E-state index contributed by atoms with van der Waals surface area (Å²) in [5.41, 5.74) is 0.752. The Morgan fingerprint density at radius 3 is 1.49 bits per heavy atom. The molecule has 2 fully saturated rings. The van der Waals surface area contributed by atoms with Gasteiger partial charge in [-0.1, -0.05) is 102 Å². The van der Waals surface area contributed by atoms with E-state index in [0.717, 1.165) is 100 Å². The summed E-state index contributed by atoms with van der Waals surface area (Å²) in [5.74, 6) is -1.68. The maximum Gasteiger partial charge on any atom is 0.321 e. The molecule has 0 aromatic heterocycles. The molecular formula is C65H91F4N5O7Si2. The molecule has 0 bridgehead atoms. The highest BCUT2D eigenvalue weighted by molar-refractivity contribution is 6.74. The van der Waals surface area contributed by atoms with Gasteiger partial charge >= 0.3 is 12.1 Å². The van der Waals surface area contributed by atoms with Crippen LogP contribution >= 0.6 is 0 Å². The lowest BCUT2D eigenvalue weighted by Crippen LogP contribution is -2.57. The van der Waals surface area contributed by atoms with Crippen molar-refractivity contribution in [2.75, 3.05) is 66.7 Å². The van der Waals surface area contributed by atoms with Gasteiger partial charge in [0.2, 0.25) is 0 Å². The van der Waals surface area contributed by atoms with Crippen LogP contribution < -0.4 is 5.32 Å². The van der Waals surface area contributed by atoms with Crippen LogP contribution in [0.15, 0.2) is 109 Å². The average Bonchev–Trinajstić information content (AvgIpc) is 4.29. The summed E-state index contributed by atoms with van der Waals surface area (Å²) in [6.45, 7) is 23.9. The number of carbonyl (C=O) groups is 3. The highest BCUT2D eigenvalue weighted by Gasteiger charge is 2.50. The van der Waals surface area contributed by atoms with Gasteiger partial charge in [0.15, 0.2) is 16.6 Å². The zero-order valence-corrected chi connectivity index (χ0v) is 53.0. The van der Waals surface area contributed by atoms with E-state index < -0.39 is 51.0 Å². The van der Waals surface area contributed by atoms with Crippen molar-refractivity contribution in [3.8, 4) is 0 Å². The van der Waals surface area contributed by atoms with E-state index in [9.17, 15) is 37.8 Å². The smallest absolute Gasteiger partial charge is 0.321 e. The molecule has 18 heteroatoms. The van der Waals surface area contributed by atoms with E-state index in [-0.39, 0.29) is 84.9 Å². The Kier molecular flexibility index (Phi) is 22.6. The number of hydrogen-bond acceptors (Lipinski definition) is 8. The maximum atomic E-state index is 15.0. The highest BCUT2D eigenvalue weighted by Crippen LogP contribution is 2.46. The second-order valence-electron chi connectivity index (χ2n) is 25.7. The first-order chi connectivity index (χ1) is 39.1. The number of amides is 4. The number of aliphatic hydroxyl groups is 2. The summed E-state index contributed by atoms with van der Waals surface area (Å²) in [7, 11) is -0.256. The number of aldehydes is 1. The third-order valence-corrected chi connectivity index (χ3v) is 27.4. The number of nitrogens with one attached hydrogen (secondary N) is 1. The number of benzene rings is 4. The predicted molar refractivity (Wildman–Crippen MR) is 327 cm³/mol. The molecule has 4 aromatic carbocycles. The fraction of sp³-hybridized carbons (Fsp3) is 0.523. The SMILES string of the molecule is CC(C)(C)[Si](C)(C)OCC=O.CN(C(=O)N1CC(c2cc(F)ccc2F)=CC1(CO)c1ccccc1)C1CCC(CCO)CC1.CN(C(=O)N1CC(c2cc(F)ccc2F)=CC1(CO[Si](C)(C)C(C)(C)C)c1ccccc1)C1CCNCC1. The van der Waals surface area contributed by atoms with Gasteiger partial charge in [-0.05, 0) is 171 Å². The Bertz CT molecular complexity index is 2870. The predicted octanol–water partition coefficient (Wildman–Crippen LogP) is 13.1. The number of rotatable bonds is 15. The van der Waals surface area contributed by atoms with E-state index in [4.69, 9.17) is 8.85 Å². The van der Waals surface area contributed by atoms with Crippen LogP contribution in [0.5, 0.6) is 0 Å². The van der Waals surface area contributed by atoms with E-state index in [1.54, 1.807) is 27.8 Å². The van der Waals surface area contributed by atoms with Crippen LogP contribution in [-0.4, -0.2) is 144 Å². The normalized spacial score (nSPS) is 21.5. The molecule has 1 saturated carbocycles. The summed E-state index contributed by atoms with van der Waals surface area (Å²) in [4.78, 5) is 45.1. The van der Waals surface area contributed by atoms with E-state index in [1.165, 1.54) is 6.07 Å². The van der Waals surface area contributed by atoms with Crippen molar-refractivity contribution in [2.45, 2.75) is 146 Å². The molecule has 3 heterocycles. The second-order valence-corrected chi connectivity index (χ2v) is 35.4. The molecule has 12 nitrogen and oxygen atoms in total. The molecule has 8 rings (SSSR count). The fourth-order valence-electron chi connectivity index (χ4n) is 10.9. The van der Waals surface area contributed by atoms with Crippen molar-refractivity contribution in [1.29, 1.82) is 0 Å². The number of aliphatic hydroxyl groups excluding tert-OH is 2. The third-order valence-electron chi connectivity index (χ3n) is 18.4. The molecule has 2 atom stereocenters. The molecule has 454 valence electrons. The minimum absolute atomic E-state index is 0.0363. The molecule has 0 radical (unpaired) electrons. The quantitative estimate of drug-likeness (QED) is 0.0608. The van der Waals surface area contributed by atoms with Gasteiger partial charge in [-0.25, -0.2) is 27.2 Å². The van der Waals surface area contributed by atoms with E-state index in [1.807, 2.05) is 78.7 Å². The number of urea groups is 2. The van der Waals surface area contributed by atoms with Gasteiger partial charge in [0, 0.05) is 57.0 Å². The van der Waals surface area contributed by atoms with Gasteiger partial charge in [0.1, 0.15) is 40.6 Å². The van der Waals surface area contributed by atoms with E-state index in [2.05, 4.69) is 73.0 Å². The van der Waals surface area contributed by atoms with Crippen LogP contribution in [0.4, 0.5) is 27.2 Å². The highest BCUT2D eigenvalue weighted by atomic mass is 28.4. The summed E-state index contributed by atoms with van der Waals surface area (Å²) in [6.07, 6.45) is 10.6. The minimum atomic E-state index is -2.22. The molecule has 4 aromatic rings. The number of carbonyl (C=O) groups excluding carboxylic acids is 3. The van der Waals surface area contributed by atoms with Gasteiger partial charge in [0.25, 0.3) is 0 Å². The molecular weight excluding hydrogens is 1090 g/mol. The first kappa shape index (κ1) is 66.7. The Balaban J connectivity index is 0.000000227. The van der Waals surface area contributed by atoms with Crippen LogP contribution in [0.2, 0.25) is 36.3 Å². The summed E-state index contributed by atoms with van der Waals surface area (Å²) < 4.78 is 70.2. The van der Waals surface area contributed by atoms with Crippen LogP contribution in [-0.2, 0) is 24.7 Å². The minimum Gasteiger partial charge on any atom is -0.414 e. The fourth-order valence-corrected chi connectivity index (χ4v) is 12.9. The van der Waals surface area contributed by atoms with Crippen LogP contribution in [0.25, 0.3) is 11.1 Å². The average molecular weight is 1190 g/mol. The Morgan fingerprint density at radius 2 is 1.06 bits per heavy atom. The van der Waals surface area contributed by atoms with Gasteiger partial charge in [-0.3, -0.25) is 0 Å². The van der Waals surface area contributed by atoms with Crippen molar-refractivity contribution in [1.82, 2.24) is 24.9 Å². The molecule has 83 heavy (non-hydrogen) atoms. The molecule has 1 aliphatic carbocycles. The maximum absolute atomic E-state index is 15.0. The topological polar surface area (TPSA) is 135 Å². The van der Waals surface area contributed by atoms with E-state index in [0.29, 0.717) is 22.6 Å². The van der Waals surface area contributed by atoms with E-state index >= 15 is 4.39 Å². The number of halogens is 4. The first-order valence-electron chi connectivity index (χ1n) is 29.2. The summed E-state index contributed by atoms with van der Waals surface area (Å²) in [6, 6.07) is 25.5. The largest absolute Gasteiger partial charge is 0.414 e. The lowest BCUT2D eigenvalue weighted by molar-refractivity contribution is -0.109. The van der Waals surface area contributed by atoms with Crippen molar-refractivity contribution in [3.05, 3.63) is 155 Å². The molecule has 1 saturated heterocycles. The monoisotopic (exact) mass is 1190 g/mol. The standard InChI is InChI=1S/C30H41F2N3O2Si.C27H32F2N2O3.C8H18O2Si/c1-29(2,3)38(5,6)37-21-30(23-10-8-7-9-11-23)19-22(26-18-24(31)12-13-27(26)32)20-35(30)28(36)34(4)25-14-16-33-17-15-25;1-30(23-10-7-19(8-11-23)13-14-32)26(34)31-17-20(24-15-22(28)9-12-25(24)29)16-27(31,18-33)21-5-3-2-4-6-21;1-8(2,3)11(4,5)10-7-6-9/h7-13,18-19,25,33H,14-17,20-21H2,1-6H3;2-6,9,12,15-16,19,23,32-33H,7-8,10-11,13-14,17-18H2,1H3;6H,7H2,1-5H3. The number of nitrogens with zero attached hydrogens (tertiary/aromatic N) is 4. The zero-order valence-electron chi connectivity index (χ0n) is 51.0. The van der Waals surface area contributed by atoms with Crippen molar-refractivity contribution in [2.24, 2.45) is 5.92 Å². The van der Waals surface area contributed by atoms with Gasteiger partial charge in [0.05, 0.1) is 19.8 Å².